The van der Waals surface area contributed by atoms with Gasteiger partial charge in [0.05, 0.1) is 28.1 Å². The molecule has 3 nitrogen and oxygen atoms in total. The zero-order valence-corrected chi connectivity index (χ0v) is 28.4. The number of anilines is 1. The number of aromatic nitrogens is 2. The van der Waals surface area contributed by atoms with Crippen LogP contribution in [0.3, 0.4) is 0 Å². The summed E-state index contributed by atoms with van der Waals surface area (Å²) < 4.78 is 4.83. The Bertz CT molecular complexity index is 2770. The van der Waals surface area contributed by atoms with Crippen LogP contribution >= 0.6 is 0 Å². The van der Waals surface area contributed by atoms with Crippen LogP contribution in [0.4, 0.5) is 5.69 Å². The molecule has 2 aromatic heterocycles. The third-order valence-corrected chi connectivity index (χ3v) is 11.6. The highest BCUT2D eigenvalue weighted by molar-refractivity contribution is 6.13. The Morgan fingerprint density at radius 1 is 0.490 bits per heavy atom. The normalized spacial score (nSPS) is 18.2. The Labute approximate surface area is 297 Å². The Balaban J connectivity index is 1.06. The lowest BCUT2D eigenvalue weighted by molar-refractivity contribution is 0.641. The number of hydrogen-bond acceptors (Lipinski definition) is 1. The summed E-state index contributed by atoms with van der Waals surface area (Å²) >= 11 is 0. The maximum atomic E-state index is 2.63. The van der Waals surface area contributed by atoms with E-state index < -0.39 is 0 Å². The molecular formula is C48H37N3. The van der Waals surface area contributed by atoms with Gasteiger partial charge in [0, 0.05) is 50.2 Å². The third kappa shape index (κ3) is 4.31. The number of fused-ring (bicyclic) bond motifs is 9. The number of benzene rings is 6. The van der Waals surface area contributed by atoms with E-state index in [-0.39, 0.29) is 0 Å². The van der Waals surface area contributed by atoms with Gasteiger partial charge in [0.1, 0.15) is 0 Å². The summed E-state index contributed by atoms with van der Waals surface area (Å²) in [4.78, 5) is 2.63. The van der Waals surface area contributed by atoms with E-state index in [9.17, 15) is 0 Å². The van der Waals surface area contributed by atoms with Crippen molar-refractivity contribution in [3.63, 3.8) is 0 Å². The fourth-order valence-electron chi connectivity index (χ4n) is 9.28. The van der Waals surface area contributed by atoms with Gasteiger partial charge in [-0.2, -0.15) is 0 Å². The molecule has 0 bridgehead atoms. The second-order valence-corrected chi connectivity index (χ2v) is 14.3. The van der Waals surface area contributed by atoms with Crippen LogP contribution < -0.4 is 4.90 Å². The van der Waals surface area contributed by atoms with Crippen molar-refractivity contribution in [1.29, 1.82) is 0 Å². The van der Waals surface area contributed by atoms with Gasteiger partial charge in [-0.25, -0.2) is 0 Å². The Morgan fingerprint density at radius 2 is 1.14 bits per heavy atom. The van der Waals surface area contributed by atoms with Crippen molar-refractivity contribution in [2.75, 3.05) is 4.90 Å². The van der Waals surface area contributed by atoms with Crippen molar-refractivity contribution in [1.82, 2.24) is 9.13 Å². The molecule has 0 saturated heterocycles. The molecule has 0 spiro atoms. The van der Waals surface area contributed by atoms with Gasteiger partial charge in [-0.1, -0.05) is 97.1 Å². The van der Waals surface area contributed by atoms with Crippen LogP contribution in [0.2, 0.25) is 0 Å². The van der Waals surface area contributed by atoms with Gasteiger partial charge in [-0.05, 0) is 109 Å². The van der Waals surface area contributed by atoms with Crippen molar-refractivity contribution in [2.45, 2.75) is 37.6 Å². The van der Waals surface area contributed by atoms with E-state index >= 15 is 0 Å². The van der Waals surface area contributed by atoms with E-state index in [0.29, 0.717) is 12.0 Å². The van der Waals surface area contributed by atoms with Crippen molar-refractivity contribution in [3.8, 4) is 22.5 Å². The highest BCUT2D eigenvalue weighted by Gasteiger charge is 2.38. The lowest BCUT2D eigenvalue weighted by atomic mass is 9.89. The first kappa shape index (κ1) is 28.7. The summed E-state index contributed by atoms with van der Waals surface area (Å²) in [6.45, 7) is 0. The highest BCUT2D eigenvalue weighted by Crippen LogP contribution is 2.48. The molecule has 1 aliphatic heterocycles. The number of nitrogens with zero attached hydrogens (tertiary/aromatic N) is 3. The second-order valence-electron chi connectivity index (χ2n) is 14.3. The Hall–Kier alpha value is -6.06. The topological polar surface area (TPSA) is 13.1 Å². The van der Waals surface area contributed by atoms with Gasteiger partial charge >= 0.3 is 0 Å². The summed E-state index contributed by atoms with van der Waals surface area (Å²) in [5, 5.41) is 5.08. The van der Waals surface area contributed by atoms with E-state index in [1.54, 1.807) is 0 Å². The number of rotatable bonds is 4. The van der Waals surface area contributed by atoms with Crippen LogP contribution in [-0.2, 0) is 0 Å². The smallest absolute Gasteiger partial charge is 0.0626 e. The summed E-state index contributed by atoms with van der Waals surface area (Å²) in [7, 11) is 0. The minimum Gasteiger partial charge on any atom is -0.337 e. The van der Waals surface area contributed by atoms with Crippen LogP contribution in [0.1, 0.15) is 37.2 Å². The van der Waals surface area contributed by atoms with Crippen LogP contribution in [-0.4, -0.2) is 15.2 Å². The number of para-hydroxylation sites is 3. The predicted octanol–water partition coefficient (Wildman–Crippen LogP) is 12.4. The predicted molar refractivity (Wildman–Crippen MR) is 214 cm³/mol. The van der Waals surface area contributed by atoms with Crippen molar-refractivity contribution in [2.24, 2.45) is 0 Å². The standard InChI is InChI=1S/C48H37N3/c1-3-13-34(14-4-1)49-43-20-10-7-17-37(43)40-29-32(23-26-46(40)49)33-24-27-47-41(30-33)38-18-8-12-22-45(38)51(47)36-25-28-48-42(31-36)39-19-9-11-21-44(39)50(48)35-15-5-2-6-16-35/h2,5-13,15-31,37,43H,1,3-4,14H2. The largest absolute Gasteiger partial charge is 0.337 e. The van der Waals surface area contributed by atoms with Crippen LogP contribution in [0, 0.1) is 0 Å². The van der Waals surface area contributed by atoms with Gasteiger partial charge in [-0.3, -0.25) is 0 Å². The first-order chi connectivity index (χ1) is 25.3. The second kappa shape index (κ2) is 11.2. The molecule has 3 heteroatoms. The van der Waals surface area contributed by atoms with Crippen molar-refractivity contribution in [3.05, 3.63) is 175 Å². The zero-order chi connectivity index (χ0) is 33.5. The molecule has 8 aromatic rings. The molecule has 6 aromatic carbocycles. The quantitative estimate of drug-likeness (QED) is 0.184. The van der Waals surface area contributed by atoms with Crippen LogP contribution in [0.5, 0.6) is 0 Å². The molecular weight excluding hydrogens is 619 g/mol. The first-order valence-corrected chi connectivity index (χ1v) is 18.4. The van der Waals surface area contributed by atoms with Crippen molar-refractivity contribution < 1.29 is 0 Å². The first-order valence-electron chi connectivity index (χ1n) is 18.4. The fourth-order valence-corrected chi connectivity index (χ4v) is 9.28. The molecule has 2 unspecified atom stereocenters. The van der Waals surface area contributed by atoms with Crippen LogP contribution in [0.15, 0.2) is 170 Å². The van der Waals surface area contributed by atoms with Gasteiger partial charge in [-0.15, -0.1) is 0 Å². The molecule has 244 valence electrons. The summed E-state index contributed by atoms with van der Waals surface area (Å²) in [6, 6.07) is 49.9. The maximum absolute atomic E-state index is 2.63. The van der Waals surface area contributed by atoms with E-state index in [1.165, 1.54) is 109 Å². The van der Waals surface area contributed by atoms with E-state index in [1.807, 2.05) is 0 Å². The third-order valence-electron chi connectivity index (χ3n) is 11.6. The van der Waals surface area contributed by atoms with E-state index in [0.717, 1.165) is 0 Å². The molecule has 2 aliphatic carbocycles. The average molecular weight is 656 g/mol. The molecule has 0 radical (unpaired) electrons. The van der Waals surface area contributed by atoms with Crippen molar-refractivity contribution >= 4 is 49.3 Å². The molecule has 2 atom stereocenters. The zero-order valence-electron chi connectivity index (χ0n) is 28.4. The van der Waals surface area contributed by atoms with Gasteiger partial charge < -0.3 is 14.0 Å². The van der Waals surface area contributed by atoms with E-state index in [4.69, 9.17) is 0 Å². The van der Waals surface area contributed by atoms with E-state index in [2.05, 4.69) is 178 Å². The monoisotopic (exact) mass is 655 g/mol. The minimum absolute atomic E-state index is 0.365. The molecule has 3 aliphatic rings. The summed E-state index contributed by atoms with van der Waals surface area (Å²) in [6.07, 6.45) is 16.7. The molecule has 51 heavy (non-hydrogen) atoms. The lowest BCUT2D eigenvalue weighted by Gasteiger charge is -2.32. The summed E-state index contributed by atoms with van der Waals surface area (Å²) in [5.74, 6) is 0.376. The SMILES string of the molecule is C1=CC2c3cc(-c4ccc5c(c4)c4ccccc4n5-c4ccc5c(c4)c4ccccc4n5-c4ccccc4)ccc3N(C3=CCCCC3)C2C=C1. The minimum atomic E-state index is 0.365. The van der Waals surface area contributed by atoms with Crippen LogP contribution in [0.25, 0.3) is 66.1 Å². The molecule has 3 heterocycles. The van der Waals surface area contributed by atoms with Gasteiger partial charge in [0.15, 0.2) is 0 Å². The Morgan fingerprint density at radius 3 is 1.92 bits per heavy atom. The molecule has 0 fully saturated rings. The van der Waals surface area contributed by atoms with Gasteiger partial charge in [0.2, 0.25) is 0 Å². The number of hydrogen-bond donors (Lipinski definition) is 0. The molecule has 0 N–H and O–H groups in total. The number of allylic oxidation sites excluding steroid dienone is 4. The fraction of sp³-hybridized carbons (Fsp3) is 0.125. The Kier molecular flexibility index (Phi) is 6.33. The maximum Gasteiger partial charge on any atom is 0.0626 e. The summed E-state index contributed by atoms with van der Waals surface area (Å²) in [5.41, 5.74) is 14.1. The highest BCUT2D eigenvalue weighted by atomic mass is 15.2. The van der Waals surface area contributed by atoms with Gasteiger partial charge in [0.25, 0.3) is 0 Å². The lowest BCUT2D eigenvalue weighted by Crippen LogP contribution is -2.32. The average Bonchev–Trinajstić information content (AvgIpc) is 3.83. The molecule has 0 amide bonds. The molecule has 0 saturated carbocycles. The molecule has 11 rings (SSSR count).